The van der Waals surface area contributed by atoms with Crippen LogP contribution in [-0.2, 0) is 16.0 Å². The van der Waals surface area contributed by atoms with Crippen molar-refractivity contribution in [3.63, 3.8) is 0 Å². The predicted octanol–water partition coefficient (Wildman–Crippen LogP) is 1.11. The van der Waals surface area contributed by atoms with Gasteiger partial charge in [-0.15, -0.1) is 0 Å². The summed E-state index contributed by atoms with van der Waals surface area (Å²) in [7, 11) is 0. The van der Waals surface area contributed by atoms with E-state index in [-0.39, 0.29) is 12.7 Å². The summed E-state index contributed by atoms with van der Waals surface area (Å²) in [5.41, 5.74) is 0.935. The van der Waals surface area contributed by atoms with Crippen molar-refractivity contribution < 1.29 is 19.0 Å². The number of fused-ring (bicyclic) bond motifs is 1. The van der Waals surface area contributed by atoms with Crippen LogP contribution >= 0.6 is 0 Å². The van der Waals surface area contributed by atoms with E-state index in [1.807, 2.05) is 18.2 Å². The van der Waals surface area contributed by atoms with Gasteiger partial charge in [-0.2, -0.15) is 0 Å². The van der Waals surface area contributed by atoms with E-state index in [4.69, 9.17) is 14.2 Å². The largest absolute Gasteiger partial charge is 0.454 e. The smallest absolute Gasteiger partial charge is 0.231 e. The van der Waals surface area contributed by atoms with E-state index in [0.29, 0.717) is 18.9 Å². The molecule has 0 bridgehead atoms. The molecule has 1 N–H and O–H groups in total. The Morgan fingerprint density at radius 2 is 2.21 bits per heavy atom. The highest BCUT2D eigenvalue weighted by atomic mass is 16.7. The Morgan fingerprint density at radius 3 is 3.05 bits per heavy atom. The van der Waals surface area contributed by atoms with Crippen LogP contribution in [0.1, 0.15) is 12.0 Å². The van der Waals surface area contributed by atoms with Gasteiger partial charge in [0.25, 0.3) is 0 Å². The predicted molar refractivity (Wildman–Crippen MR) is 68.2 cm³/mol. The molecule has 0 radical (unpaired) electrons. The van der Waals surface area contributed by atoms with Gasteiger partial charge in [0.15, 0.2) is 11.5 Å². The maximum Gasteiger partial charge on any atom is 0.231 e. The first-order valence-corrected chi connectivity index (χ1v) is 6.54. The van der Waals surface area contributed by atoms with Crippen LogP contribution in [0.4, 0.5) is 0 Å². The molecule has 0 aromatic heterocycles. The molecular weight excluding hydrogens is 246 g/mol. The van der Waals surface area contributed by atoms with Crippen molar-refractivity contribution in [2.75, 3.05) is 26.6 Å². The molecule has 0 saturated carbocycles. The molecule has 2 heterocycles. The SMILES string of the molecule is O=C(Cc1ccc2c(c1)OCO2)NCC1CCOC1. The minimum Gasteiger partial charge on any atom is -0.454 e. The number of nitrogens with one attached hydrogen (secondary N) is 1. The normalized spacial score (nSPS) is 20.5. The molecule has 2 aliphatic rings. The molecule has 1 unspecified atom stereocenters. The summed E-state index contributed by atoms with van der Waals surface area (Å²) in [6.07, 6.45) is 1.40. The number of hydrogen-bond acceptors (Lipinski definition) is 4. The number of rotatable bonds is 4. The molecule has 5 nitrogen and oxygen atoms in total. The van der Waals surface area contributed by atoms with Crippen molar-refractivity contribution in [3.05, 3.63) is 23.8 Å². The quantitative estimate of drug-likeness (QED) is 0.884. The summed E-state index contributed by atoms with van der Waals surface area (Å²) in [5.74, 6) is 1.95. The zero-order valence-corrected chi connectivity index (χ0v) is 10.7. The second-order valence-corrected chi connectivity index (χ2v) is 4.90. The Bertz CT molecular complexity index is 469. The lowest BCUT2D eigenvalue weighted by atomic mass is 10.1. The van der Waals surface area contributed by atoms with Gasteiger partial charge in [-0.25, -0.2) is 0 Å². The minimum atomic E-state index is 0.0331. The molecule has 1 saturated heterocycles. The lowest BCUT2D eigenvalue weighted by Gasteiger charge is -2.09. The number of carbonyl (C=O) groups excluding carboxylic acids is 1. The molecule has 3 rings (SSSR count). The molecule has 5 heteroatoms. The third-order valence-electron chi connectivity index (χ3n) is 3.41. The van der Waals surface area contributed by atoms with Gasteiger partial charge in [0, 0.05) is 19.1 Å². The number of amides is 1. The van der Waals surface area contributed by atoms with Crippen LogP contribution < -0.4 is 14.8 Å². The molecule has 1 fully saturated rings. The number of ether oxygens (including phenoxy) is 3. The highest BCUT2D eigenvalue weighted by Crippen LogP contribution is 2.32. The number of benzene rings is 1. The van der Waals surface area contributed by atoms with Crippen LogP contribution in [0.15, 0.2) is 18.2 Å². The zero-order valence-electron chi connectivity index (χ0n) is 10.7. The van der Waals surface area contributed by atoms with Crippen molar-refractivity contribution in [1.29, 1.82) is 0 Å². The molecule has 1 aromatic carbocycles. The molecule has 2 aliphatic heterocycles. The van der Waals surface area contributed by atoms with Crippen molar-refractivity contribution >= 4 is 5.91 Å². The number of carbonyl (C=O) groups is 1. The van der Waals surface area contributed by atoms with Crippen LogP contribution in [0.25, 0.3) is 0 Å². The topological polar surface area (TPSA) is 56.8 Å². The summed E-state index contributed by atoms with van der Waals surface area (Å²) < 4.78 is 15.8. The fraction of sp³-hybridized carbons (Fsp3) is 0.500. The number of hydrogen-bond donors (Lipinski definition) is 1. The van der Waals surface area contributed by atoms with Gasteiger partial charge in [-0.1, -0.05) is 6.07 Å². The average molecular weight is 263 g/mol. The van der Waals surface area contributed by atoms with E-state index < -0.39 is 0 Å². The molecule has 102 valence electrons. The molecule has 1 amide bonds. The van der Waals surface area contributed by atoms with Crippen LogP contribution in [0.2, 0.25) is 0 Å². The van der Waals surface area contributed by atoms with Gasteiger partial charge >= 0.3 is 0 Å². The van der Waals surface area contributed by atoms with Crippen LogP contribution in [0.3, 0.4) is 0 Å². The van der Waals surface area contributed by atoms with Crippen LogP contribution in [-0.4, -0.2) is 32.5 Å². The molecular formula is C14H17NO4. The first-order valence-electron chi connectivity index (χ1n) is 6.54. The van der Waals surface area contributed by atoms with E-state index in [1.54, 1.807) is 0 Å². The Kier molecular flexibility index (Phi) is 3.55. The summed E-state index contributed by atoms with van der Waals surface area (Å²) in [4.78, 5) is 11.8. The Balaban J connectivity index is 1.51. The standard InChI is InChI=1S/C14H17NO4/c16-14(15-7-11-3-4-17-8-11)6-10-1-2-12-13(5-10)19-9-18-12/h1-2,5,11H,3-4,6-9H2,(H,15,16). The van der Waals surface area contributed by atoms with Crippen molar-refractivity contribution in [3.8, 4) is 11.5 Å². The monoisotopic (exact) mass is 263 g/mol. The highest BCUT2D eigenvalue weighted by Gasteiger charge is 2.17. The van der Waals surface area contributed by atoms with Crippen molar-refractivity contribution in [2.24, 2.45) is 5.92 Å². The maximum absolute atomic E-state index is 11.8. The summed E-state index contributed by atoms with van der Waals surface area (Å²) in [5, 5.41) is 2.95. The third-order valence-corrected chi connectivity index (χ3v) is 3.41. The highest BCUT2D eigenvalue weighted by molar-refractivity contribution is 5.78. The van der Waals surface area contributed by atoms with Gasteiger partial charge in [-0.3, -0.25) is 4.79 Å². The summed E-state index contributed by atoms with van der Waals surface area (Å²) in [6.45, 7) is 2.52. The summed E-state index contributed by atoms with van der Waals surface area (Å²) >= 11 is 0. The van der Waals surface area contributed by atoms with Crippen LogP contribution in [0.5, 0.6) is 11.5 Å². The Hall–Kier alpha value is -1.75. The minimum absolute atomic E-state index is 0.0331. The van der Waals surface area contributed by atoms with Crippen molar-refractivity contribution in [1.82, 2.24) is 5.32 Å². The first kappa shape index (κ1) is 12.3. The molecule has 0 aliphatic carbocycles. The van der Waals surface area contributed by atoms with Gasteiger partial charge in [0.2, 0.25) is 12.7 Å². The lowest BCUT2D eigenvalue weighted by molar-refractivity contribution is -0.120. The molecule has 19 heavy (non-hydrogen) atoms. The molecule has 1 atom stereocenters. The Morgan fingerprint density at radius 1 is 1.32 bits per heavy atom. The fourth-order valence-corrected chi connectivity index (χ4v) is 2.30. The van der Waals surface area contributed by atoms with Gasteiger partial charge in [0.1, 0.15) is 0 Å². The molecule has 0 spiro atoms. The summed E-state index contributed by atoms with van der Waals surface area (Å²) in [6, 6.07) is 5.60. The zero-order chi connectivity index (χ0) is 13.1. The van der Waals surface area contributed by atoms with Crippen LogP contribution in [0, 0.1) is 5.92 Å². The van der Waals surface area contributed by atoms with E-state index in [2.05, 4.69) is 5.32 Å². The van der Waals surface area contributed by atoms with Gasteiger partial charge in [0.05, 0.1) is 13.0 Å². The molecule has 1 aromatic rings. The third kappa shape index (κ3) is 2.98. The first-order chi connectivity index (χ1) is 9.31. The van der Waals surface area contributed by atoms with E-state index in [0.717, 1.165) is 36.7 Å². The van der Waals surface area contributed by atoms with Gasteiger partial charge < -0.3 is 19.5 Å². The Labute approximate surface area is 111 Å². The van der Waals surface area contributed by atoms with Crippen molar-refractivity contribution in [2.45, 2.75) is 12.8 Å². The average Bonchev–Trinajstić information content (AvgIpc) is 3.07. The fourth-order valence-electron chi connectivity index (χ4n) is 2.30. The van der Waals surface area contributed by atoms with Gasteiger partial charge in [-0.05, 0) is 24.1 Å². The lowest BCUT2D eigenvalue weighted by Crippen LogP contribution is -2.30. The second-order valence-electron chi connectivity index (χ2n) is 4.90. The van der Waals surface area contributed by atoms with E-state index in [9.17, 15) is 4.79 Å². The second kappa shape index (κ2) is 5.48. The van der Waals surface area contributed by atoms with E-state index >= 15 is 0 Å². The van der Waals surface area contributed by atoms with E-state index in [1.165, 1.54) is 0 Å². The maximum atomic E-state index is 11.8.